The fourth-order valence-corrected chi connectivity index (χ4v) is 2.47. The number of nitrogens with one attached hydrogen (secondary N) is 3. The van der Waals surface area contributed by atoms with E-state index in [4.69, 9.17) is 0 Å². The van der Waals surface area contributed by atoms with Gasteiger partial charge in [0.15, 0.2) is 0 Å². The van der Waals surface area contributed by atoms with Gasteiger partial charge < -0.3 is 10.3 Å². The molecule has 3 aromatic rings. The predicted octanol–water partition coefficient (Wildman–Crippen LogP) is 3.13. The van der Waals surface area contributed by atoms with E-state index in [0.29, 0.717) is 17.3 Å². The zero-order chi connectivity index (χ0) is 18.7. The molecule has 1 amide bonds. The van der Waals surface area contributed by atoms with Gasteiger partial charge in [-0.3, -0.25) is 10.1 Å². The lowest BCUT2D eigenvalue weighted by molar-refractivity contribution is -0.117. The normalized spacial score (nSPS) is 12.0. The number of hydrogen-bond acceptors (Lipinski definition) is 4. The van der Waals surface area contributed by atoms with Gasteiger partial charge in [-0.2, -0.15) is 0 Å². The summed E-state index contributed by atoms with van der Waals surface area (Å²) < 4.78 is 13.1. The lowest BCUT2D eigenvalue weighted by Gasteiger charge is -2.08. The van der Waals surface area contributed by atoms with Crippen LogP contribution in [-0.2, 0) is 4.79 Å². The number of aryl methyl sites for hydroxylation is 1. The van der Waals surface area contributed by atoms with Crippen molar-refractivity contribution in [3.05, 3.63) is 54.0 Å². The van der Waals surface area contributed by atoms with E-state index in [-0.39, 0.29) is 17.8 Å². The Morgan fingerprint density at radius 2 is 1.81 bits per heavy atom. The fraction of sp³-hybridized carbons (Fsp3) is 0.211. The summed E-state index contributed by atoms with van der Waals surface area (Å²) in [4.78, 5) is 24.1. The van der Waals surface area contributed by atoms with E-state index in [0.717, 1.165) is 17.0 Å². The molecule has 3 rings (SSSR count). The molecule has 0 aliphatic rings. The Hall–Kier alpha value is -3.06. The van der Waals surface area contributed by atoms with Gasteiger partial charge in [0.1, 0.15) is 11.5 Å². The van der Waals surface area contributed by atoms with Gasteiger partial charge in [0, 0.05) is 11.3 Å². The highest BCUT2D eigenvalue weighted by atomic mass is 19.1. The minimum atomic E-state index is -0.330. The molecular weight excluding hydrogens is 333 g/mol. The molecule has 0 unspecified atom stereocenters. The SMILES string of the molecule is CN[C@@H](C)C(=O)Nc1nc(-c2cccc(-c3ccc(F)cc3)n2)c(C)[nH]1. The second-order valence-corrected chi connectivity index (χ2v) is 5.97. The standard InChI is InChI=1S/C19H20FN5O/c1-11-17(24-19(22-11)25-18(26)12(2)21-3)16-6-4-5-15(23-16)13-7-9-14(20)10-8-13/h4-10,12,21H,1-3H3,(H2,22,24,25,26)/t12-/m0/s1. The summed E-state index contributed by atoms with van der Waals surface area (Å²) in [6, 6.07) is 11.4. The van der Waals surface area contributed by atoms with E-state index in [1.807, 2.05) is 25.1 Å². The Balaban J connectivity index is 1.89. The van der Waals surface area contributed by atoms with Gasteiger partial charge in [-0.1, -0.05) is 6.07 Å². The topological polar surface area (TPSA) is 82.7 Å². The highest BCUT2D eigenvalue weighted by Crippen LogP contribution is 2.25. The molecule has 0 radical (unpaired) electrons. The van der Waals surface area contributed by atoms with Gasteiger partial charge in [0.05, 0.1) is 17.4 Å². The molecule has 0 saturated heterocycles. The molecule has 0 saturated carbocycles. The Labute approximate surface area is 150 Å². The van der Waals surface area contributed by atoms with Crippen molar-refractivity contribution >= 4 is 11.9 Å². The highest BCUT2D eigenvalue weighted by molar-refractivity contribution is 5.93. The van der Waals surface area contributed by atoms with Crippen LogP contribution in [0.25, 0.3) is 22.6 Å². The van der Waals surface area contributed by atoms with Crippen molar-refractivity contribution in [1.29, 1.82) is 0 Å². The first-order valence-electron chi connectivity index (χ1n) is 8.26. The largest absolute Gasteiger partial charge is 0.327 e. The van der Waals surface area contributed by atoms with E-state index in [1.54, 1.807) is 26.1 Å². The van der Waals surface area contributed by atoms with Crippen molar-refractivity contribution in [3.8, 4) is 22.6 Å². The molecule has 0 aliphatic carbocycles. The molecule has 0 aliphatic heterocycles. The summed E-state index contributed by atoms with van der Waals surface area (Å²) in [5.74, 6) is -0.0939. The first kappa shape index (κ1) is 17.8. The number of aromatic nitrogens is 3. The Kier molecular flexibility index (Phi) is 5.09. The number of carbonyl (C=O) groups is 1. The second kappa shape index (κ2) is 7.45. The summed E-state index contributed by atoms with van der Waals surface area (Å²) in [5.41, 5.74) is 3.65. The monoisotopic (exact) mass is 353 g/mol. The molecular formula is C19H20FN5O. The van der Waals surface area contributed by atoms with Gasteiger partial charge in [0.25, 0.3) is 0 Å². The average Bonchev–Trinajstić information content (AvgIpc) is 3.01. The summed E-state index contributed by atoms with van der Waals surface area (Å²) in [7, 11) is 1.72. The third-order valence-corrected chi connectivity index (χ3v) is 4.08. The number of likely N-dealkylation sites (N-methyl/N-ethyl adjacent to an activating group) is 1. The Morgan fingerprint density at radius 3 is 2.50 bits per heavy atom. The number of aromatic amines is 1. The number of nitrogens with zero attached hydrogens (tertiary/aromatic N) is 2. The molecule has 0 spiro atoms. The average molecular weight is 353 g/mol. The van der Waals surface area contributed by atoms with E-state index >= 15 is 0 Å². The number of H-pyrrole nitrogens is 1. The molecule has 2 aromatic heterocycles. The predicted molar refractivity (Wildman–Crippen MR) is 99.1 cm³/mol. The summed E-state index contributed by atoms with van der Waals surface area (Å²) in [6.45, 7) is 3.63. The molecule has 7 heteroatoms. The van der Waals surface area contributed by atoms with Crippen molar-refractivity contribution in [1.82, 2.24) is 20.3 Å². The van der Waals surface area contributed by atoms with Crippen LogP contribution in [0.1, 0.15) is 12.6 Å². The zero-order valence-electron chi connectivity index (χ0n) is 14.8. The van der Waals surface area contributed by atoms with E-state index in [2.05, 4.69) is 25.6 Å². The maximum Gasteiger partial charge on any atom is 0.243 e. The number of halogens is 1. The molecule has 0 bridgehead atoms. The quantitative estimate of drug-likeness (QED) is 0.658. The maximum atomic E-state index is 13.1. The van der Waals surface area contributed by atoms with Gasteiger partial charge >= 0.3 is 0 Å². The molecule has 26 heavy (non-hydrogen) atoms. The van der Waals surface area contributed by atoms with Crippen molar-refractivity contribution in [2.75, 3.05) is 12.4 Å². The fourth-order valence-electron chi connectivity index (χ4n) is 2.47. The van der Waals surface area contributed by atoms with Crippen LogP contribution in [0, 0.1) is 12.7 Å². The van der Waals surface area contributed by atoms with Crippen LogP contribution in [0.5, 0.6) is 0 Å². The summed E-state index contributed by atoms with van der Waals surface area (Å²) in [5, 5.41) is 5.61. The van der Waals surface area contributed by atoms with E-state index < -0.39 is 0 Å². The van der Waals surface area contributed by atoms with Crippen LogP contribution in [0.3, 0.4) is 0 Å². The van der Waals surface area contributed by atoms with Gasteiger partial charge in [-0.25, -0.2) is 14.4 Å². The Morgan fingerprint density at radius 1 is 1.12 bits per heavy atom. The maximum absolute atomic E-state index is 13.1. The zero-order valence-corrected chi connectivity index (χ0v) is 14.8. The molecule has 3 N–H and O–H groups in total. The number of anilines is 1. The van der Waals surface area contributed by atoms with Crippen LogP contribution < -0.4 is 10.6 Å². The molecule has 1 atom stereocenters. The minimum absolute atomic E-state index is 0.180. The van der Waals surface area contributed by atoms with Gasteiger partial charge in [0.2, 0.25) is 11.9 Å². The molecule has 2 heterocycles. The van der Waals surface area contributed by atoms with Crippen LogP contribution in [0.2, 0.25) is 0 Å². The van der Waals surface area contributed by atoms with E-state index in [1.165, 1.54) is 12.1 Å². The number of imidazole rings is 1. The number of amides is 1. The van der Waals surface area contributed by atoms with Crippen molar-refractivity contribution in [2.45, 2.75) is 19.9 Å². The molecule has 134 valence electrons. The second-order valence-electron chi connectivity index (χ2n) is 5.97. The number of benzene rings is 1. The number of rotatable bonds is 5. The van der Waals surface area contributed by atoms with Crippen LogP contribution in [0.4, 0.5) is 10.3 Å². The summed E-state index contributed by atoms with van der Waals surface area (Å²) in [6.07, 6.45) is 0. The van der Waals surface area contributed by atoms with Crippen LogP contribution in [0.15, 0.2) is 42.5 Å². The lowest BCUT2D eigenvalue weighted by atomic mass is 10.1. The number of hydrogen-bond donors (Lipinski definition) is 3. The third kappa shape index (κ3) is 3.78. The molecule has 0 fully saturated rings. The van der Waals surface area contributed by atoms with Crippen molar-refractivity contribution in [3.63, 3.8) is 0 Å². The third-order valence-electron chi connectivity index (χ3n) is 4.08. The van der Waals surface area contributed by atoms with Crippen molar-refractivity contribution < 1.29 is 9.18 Å². The molecule has 1 aromatic carbocycles. The number of pyridine rings is 1. The first-order chi connectivity index (χ1) is 12.5. The minimum Gasteiger partial charge on any atom is -0.327 e. The Bertz CT molecular complexity index is 920. The van der Waals surface area contributed by atoms with Gasteiger partial charge in [-0.15, -0.1) is 0 Å². The molecule has 6 nitrogen and oxygen atoms in total. The lowest BCUT2D eigenvalue weighted by Crippen LogP contribution is -2.35. The van der Waals surface area contributed by atoms with Crippen LogP contribution >= 0.6 is 0 Å². The van der Waals surface area contributed by atoms with Crippen molar-refractivity contribution in [2.24, 2.45) is 0 Å². The smallest absolute Gasteiger partial charge is 0.243 e. The van der Waals surface area contributed by atoms with E-state index in [9.17, 15) is 9.18 Å². The summed E-state index contributed by atoms with van der Waals surface area (Å²) >= 11 is 0. The first-order valence-corrected chi connectivity index (χ1v) is 8.26. The number of carbonyl (C=O) groups excluding carboxylic acids is 1. The van der Waals surface area contributed by atoms with Gasteiger partial charge in [-0.05, 0) is 57.3 Å². The van der Waals surface area contributed by atoms with Crippen LogP contribution in [-0.4, -0.2) is 33.9 Å². The highest BCUT2D eigenvalue weighted by Gasteiger charge is 2.15.